The molecule has 1 aromatic rings. The second kappa shape index (κ2) is 6.12. The molecule has 0 amide bonds. The van der Waals surface area contributed by atoms with Crippen molar-refractivity contribution in [2.24, 2.45) is 0 Å². The van der Waals surface area contributed by atoms with Gasteiger partial charge in [0.2, 0.25) is 0 Å². The Morgan fingerprint density at radius 3 is 2.57 bits per heavy atom. The van der Waals surface area contributed by atoms with Crippen molar-refractivity contribution >= 4 is 5.97 Å². The van der Waals surface area contributed by atoms with Gasteiger partial charge in [-0.05, 0) is 5.56 Å². The highest BCUT2D eigenvalue weighted by molar-refractivity contribution is 5.65. The molecule has 0 spiro atoms. The van der Waals surface area contributed by atoms with Gasteiger partial charge in [0.05, 0.1) is 19.2 Å². The minimum absolute atomic E-state index is 0.0388. The quantitative estimate of drug-likeness (QED) is 0.471. The molecular formula is C10H11O4-. The topological polar surface area (TPSA) is 58.6 Å². The Hall–Kier alpha value is -1.39. The van der Waals surface area contributed by atoms with Crippen LogP contribution in [-0.2, 0) is 20.9 Å². The second-order valence-corrected chi connectivity index (χ2v) is 2.67. The predicted octanol–water partition coefficient (Wildman–Crippen LogP) is -0.0728. The first-order chi connectivity index (χ1) is 6.79. The van der Waals surface area contributed by atoms with Gasteiger partial charge in [0.15, 0.2) is 0 Å². The summed E-state index contributed by atoms with van der Waals surface area (Å²) in [6, 6.07) is 9.55. The lowest BCUT2D eigenvalue weighted by Crippen LogP contribution is -2.27. The Morgan fingerprint density at radius 2 is 1.93 bits per heavy atom. The summed E-state index contributed by atoms with van der Waals surface area (Å²) in [5.74, 6) is -1.24. The normalized spacial score (nSPS) is 10.0. The van der Waals surface area contributed by atoms with Gasteiger partial charge >= 0.3 is 0 Å². The predicted molar refractivity (Wildman–Crippen MR) is 47.1 cm³/mol. The monoisotopic (exact) mass is 195 g/mol. The molecule has 0 radical (unpaired) electrons. The van der Waals surface area contributed by atoms with Gasteiger partial charge in [0.1, 0.15) is 6.79 Å². The highest BCUT2D eigenvalue weighted by Gasteiger charge is 1.91. The summed E-state index contributed by atoms with van der Waals surface area (Å²) in [6.07, 6.45) is 0. The number of ether oxygens (including phenoxy) is 2. The van der Waals surface area contributed by atoms with Gasteiger partial charge in [-0.25, -0.2) is 0 Å². The third-order valence-electron chi connectivity index (χ3n) is 1.50. The van der Waals surface area contributed by atoms with Crippen molar-refractivity contribution < 1.29 is 19.4 Å². The molecule has 1 rings (SSSR count). The van der Waals surface area contributed by atoms with E-state index in [1.54, 1.807) is 0 Å². The maximum absolute atomic E-state index is 9.94. The Kier molecular flexibility index (Phi) is 4.68. The van der Waals surface area contributed by atoms with E-state index in [1.165, 1.54) is 0 Å². The minimum atomic E-state index is -1.24. The average Bonchev–Trinajstić information content (AvgIpc) is 2.18. The number of carbonyl (C=O) groups is 1. The van der Waals surface area contributed by atoms with Crippen molar-refractivity contribution in [3.8, 4) is 0 Å². The van der Waals surface area contributed by atoms with Gasteiger partial charge < -0.3 is 19.4 Å². The van der Waals surface area contributed by atoms with Crippen molar-refractivity contribution in [3.63, 3.8) is 0 Å². The molecule has 14 heavy (non-hydrogen) atoms. The lowest BCUT2D eigenvalue weighted by Gasteiger charge is -2.05. The van der Waals surface area contributed by atoms with Crippen molar-refractivity contribution in [1.82, 2.24) is 0 Å². The van der Waals surface area contributed by atoms with Crippen molar-refractivity contribution in [2.45, 2.75) is 6.61 Å². The molecule has 1 aromatic carbocycles. The summed E-state index contributed by atoms with van der Waals surface area (Å²) >= 11 is 0. The van der Waals surface area contributed by atoms with Crippen LogP contribution in [0.1, 0.15) is 5.56 Å². The Labute approximate surface area is 82.1 Å². The number of hydrogen-bond donors (Lipinski definition) is 0. The molecule has 0 unspecified atom stereocenters. The molecule has 4 nitrogen and oxygen atoms in total. The molecular weight excluding hydrogens is 184 g/mol. The number of carboxylic acid groups (broad SMARTS) is 1. The van der Waals surface area contributed by atoms with Crippen LogP contribution in [0.5, 0.6) is 0 Å². The molecule has 4 heteroatoms. The first-order valence-electron chi connectivity index (χ1n) is 4.18. The van der Waals surface area contributed by atoms with E-state index in [0.717, 1.165) is 5.56 Å². The lowest BCUT2D eigenvalue weighted by molar-refractivity contribution is -0.311. The summed E-state index contributed by atoms with van der Waals surface area (Å²) in [6.45, 7) is -0.0639. The molecule has 0 atom stereocenters. The Morgan fingerprint density at radius 1 is 1.21 bits per heavy atom. The van der Waals surface area contributed by atoms with Crippen LogP contribution < -0.4 is 5.11 Å². The van der Waals surface area contributed by atoms with Crippen LogP contribution in [0.2, 0.25) is 0 Å². The van der Waals surface area contributed by atoms with E-state index in [2.05, 4.69) is 4.74 Å². The zero-order valence-electron chi connectivity index (χ0n) is 7.64. The van der Waals surface area contributed by atoms with Crippen LogP contribution in [0.25, 0.3) is 0 Å². The van der Waals surface area contributed by atoms with E-state index < -0.39 is 12.6 Å². The molecule has 76 valence electrons. The third-order valence-corrected chi connectivity index (χ3v) is 1.50. The van der Waals surface area contributed by atoms with Crippen molar-refractivity contribution in [3.05, 3.63) is 35.9 Å². The SMILES string of the molecule is O=C([O-])COCOCc1ccccc1. The molecule has 0 aliphatic carbocycles. The molecule has 0 aliphatic heterocycles. The number of aliphatic carboxylic acids is 1. The van der Waals surface area contributed by atoms with Gasteiger partial charge in [-0.1, -0.05) is 30.3 Å². The van der Waals surface area contributed by atoms with Gasteiger partial charge in [0, 0.05) is 0 Å². The summed E-state index contributed by atoms with van der Waals surface area (Å²) in [4.78, 5) is 9.94. The van der Waals surface area contributed by atoms with Crippen LogP contribution in [0, 0.1) is 0 Å². The average molecular weight is 195 g/mol. The van der Waals surface area contributed by atoms with E-state index in [9.17, 15) is 9.90 Å². The minimum Gasteiger partial charge on any atom is -0.548 e. The van der Waals surface area contributed by atoms with E-state index in [1.807, 2.05) is 30.3 Å². The first kappa shape index (κ1) is 10.7. The fourth-order valence-electron chi connectivity index (χ4n) is 0.918. The highest BCUT2D eigenvalue weighted by Crippen LogP contribution is 1.99. The van der Waals surface area contributed by atoms with Crippen LogP contribution in [0.4, 0.5) is 0 Å². The highest BCUT2D eigenvalue weighted by atomic mass is 16.7. The Balaban J connectivity index is 2.08. The largest absolute Gasteiger partial charge is 0.548 e. The van der Waals surface area contributed by atoms with Crippen molar-refractivity contribution in [1.29, 1.82) is 0 Å². The maximum atomic E-state index is 9.94. The van der Waals surface area contributed by atoms with Gasteiger partial charge in [0.25, 0.3) is 0 Å². The standard InChI is InChI=1S/C10H12O4/c11-10(12)7-14-8-13-6-9-4-2-1-3-5-9/h1-5H,6-8H2,(H,11,12)/p-1. The fraction of sp³-hybridized carbons (Fsp3) is 0.300. The first-order valence-corrected chi connectivity index (χ1v) is 4.18. The van der Waals surface area contributed by atoms with Crippen LogP contribution in [-0.4, -0.2) is 19.4 Å². The molecule has 0 fully saturated rings. The summed E-state index contributed by atoms with van der Waals surface area (Å²) in [7, 11) is 0. The number of carboxylic acids is 1. The fourth-order valence-corrected chi connectivity index (χ4v) is 0.918. The van der Waals surface area contributed by atoms with E-state index in [4.69, 9.17) is 4.74 Å². The van der Waals surface area contributed by atoms with E-state index in [0.29, 0.717) is 6.61 Å². The number of rotatable bonds is 6. The molecule has 0 aliphatic rings. The molecule has 0 saturated heterocycles. The van der Waals surface area contributed by atoms with Crippen LogP contribution >= 0.6 is 0 Å². The summed E-state index contributed by atoms with van der Waals surface area (Å²) < 4.78 is 9.69. The number of benzene rings is 1. The molecule has 0 aromatic heterocycles. The molecule has 0 bridgehead atoms. The van der Waals surface area contributed by atoms with E-state index >= 15 is 0 Å². The van der Waals surface area contributed by atoms with Crippen LogP contribution in [0.15, 0.2) is 30.3 Å². The third kappa shape index (κ3) is 4.59. The zero-order valence-corrected chi connectivity index (χ0v) is 7.64. The van der Waals surface area contributed by atoms with Gasteiger partial charge in [-0.15, -0.1) is 0 Å². The Bertz CT molecular complexity index is 271. The lowest BCUT2D eigenvalue weighted by atomic mass is 10.2. The van der Waals surface area contributed by atoms with Crippen LogP contribution in [0.3, 0.4) is 0 Å². The van der Waals surface area contributed by atoms with Gasteiger partial charge in [-0.2, -0.15) is 0 Å². The second-order valence-electron chi connectivity index (χ2n) is 2.67. The molecule has 0 N–H and O–H groups in total. The molecule has 0 saturated carbocycles. The van der Waals surface area contributed by atoms with E-state index in [-0.39, 0.29) is 6.79 Å². The molecule has 0 heterocycles. The smallest absolute Gasteiger partial charge is 0.147 e. The summed E-state index contributed by atoms with van der Waals surface area (Å²) in [5, 5.41) is 9.94. The zero-order chi connectivity index (χ0) is 10.2. The number of carbonyl (C=O) groups excluding carboxylic acids is 1. The van der Waals surface area contributed by atoms with Crippen molar-refractivity contribution in [2.75, 3.05) is 13.4 Å². The number of hydrogen-bond acceptors (Lipinski definition) is 4. The summed E-state index contributed by atoms with van der Waals surface area (Å²) in [5.41, 5.74) is 1.02. The van der Waals surface area contributed by atoms with Gasteiger partial charge in [-0.3, -0.25) is 0 Å². The maximum Gasteiger partial charge on any atom is 0.147 e.